The fourth-order valence-electron chi connectivity index (χ4n) is 2.31. The maximum Gasteiger partial charge on any atom is 0.119 e. The minimum absolute atomic E-state index is 0.189. The summed E-state index contributed by atoms with van der Waals surface area (Å²) in [5.74, 6) is 1.73. The molecule has 0 bridgehead atoms. The molecule has 2 heteroatoms. The monoisotopic (exact) mass is 247 g/mol. The van der Waals surface area contributed by atoms with Crippen LogP contribution < -0.4 is 10.1 Å². The van der Waals surface area contributed by atoms with Crippen molar-refractivity contribution in [1.82, 2.24) is 5.32 Å². The zero-order valence-electron chi connectivity index (χ0n) is 11.8. The summed E-state index contributed by atoms with van der Waals surface area (Å²) in [4.78, 5) is 0. The van der Waals surface area contributed by atoms with Crippen LogP contribution >= 0.6 is 0 Å². The summed E-state index contributed by atoms with van der Waals surface area (Å²) in [6.07, 6.45) is 2.47. The first-order valence-corrected chi connectivity index (χ1v) is 7.00. The summed E-state index contributed by atoms with van der Waals surface area (Å²) in [6.45, 7) is 9.83. The van der Waals surface area contributed by atoms with Crippen LogP contribution in [0.2, 0.25) is 0 Å². The minimum Gasteiger partial charge on any atom is -0.493 e. The number of rotatable bonds is 3. The van der Waals surface area contributed by atoms with Crippen LogP contribution in [0.25, 0.3) is 0 Å². The minimum atomic E-state index is 0.189. The van der Waals surface area contributed by atoms with Crippen LogP contribution in [0, 0.1) is 5.92 Å². The largest absolute Gasteiger partial charge is 0.493 e. The third kappa shape index (κ3) is 3.74. The van der Waals surface area contributed by atoms with Gasteiger partial charge in [-0.15, -0.1) is 0 Å². The van der Waals surface area contributed by atoms with Gasteiger partial charge < -0.3 is 10.1 Å². The molecule has 0 saturated carbocycles. The molecule has 1 N–H and O–H groups in total. The lowest BCUT2D eigenvalue weighted by Crippen LogP contribution is -2.30. The third-order valence-electron chi connectivity index (χ3n) is 3.64. The lowest BCUT2D eigenvalue weighted by molar-refractivity contribution is 0.215. The van der Waals surface area contributed by atoms with Crippen molar-refractivity contribution < 1.29 is 4.74 Å². The highest BCUT2D eigenvalue weighted by atomic mass is 16.5. The molecule has 0 unspecified atom stereocenters. The van der Waals surface area contributed by atoms with Crippen LogP contribution in [-0.4, -0.2) is 19.7 Å². The van der Waals surface area contributed by atoms with Crippen LogP contribution in [0.4, 0.5) is 0 Å². The van der Waals surface area contributed by atoms with Crippen molar-refractivity contribution in [2.24, 2.45) is 5.92 Å². The fourth-order valence-corrected chi connectivity index (χ4v) is 2.31. The predicted octanol–water partition coefficient (Wildman–Crippen LogP) is 3.36. The van der Waals surface area contributed by atoms with Gasteiger partial charge in [0.05, 0.1) is 6.61 Å². The second-order valence-electron chi connectivity index (χ2n) is 6.28. The lowest BCUT2D eigenvalue weighted by Gasteiger charge is -2.23. The van der Waals surface area contributed by atoms with Crippen molar-refractivity contribution >= 4 is 0 Å². The zero-order valence-corrected chi connectivity index (χ0v) is 11.8. The molecule has 0 atom stereocenters. The standard InChI is InChI=1S/C16H25NO/c1-16(2,3)14-5-4-6-15(11-14)18-12-13-7-9-17-10-8-13/h4-6,11,13,17H,7-10,12H2,1-3H3. The van der Waals surface area contributed by atoms with Gasteiger partial charge in [-0.25, -0.2) is 0 Å². The fraction of sp³-hybridized carbons (Fsp3) is 0.625. The van der Waals surface area contributed by atoms with Crippen LogP contribution in [0.5, 0.6) is 5.75 Å². The van der Waals surface area contributed by atoms with Gasteiger partial charge in [0.1, 0.15) is 5.75 Å². The second-order valence-corrected chi connectivity index (χ2v) is 6.28. The van der Waals surface area contributed by atoms with E-state index in [4.69, 9.17) is 4.74 Å². The molecule has 1 saturated heterocycles. The lowest BCUT2D eigenvalue weighted by atomic mass is 9.87. The Morgan fingerprint density at radius 2 is 1.94 bits per heavy atom. The average molecular weight is 247 g/mol. The quantitative estimate of drug-likeness (QED) is 0.884. The summed E-state index contributed by atoms with van der Waals surface area (Å²) < 4.78 is 5.95. The normalized spacial score (nSPS) is 17.7. The van der Waals surface area contributed by atoms with Gasteiger partial charge in [0.15, 0.2) is 0 Å². The molecule has 1 aliphatic heterocycles. The van der Waals surface area contributed by atoms with Crippen molar-refractivity contribution in [3.05, 3.63) is 29.8 Å². The van der Waals surface area contributed by atoms with Gasteiger partial charge in [-0.2, -0.15) is 0 Å². The highest BCUT2D eigenvalue weighted by molar-refractivity contribution is 5.32. The highest BCUT2D eigenvalue weighted by Gasteiger charge is 2.16. The molecule has 2 nitrogen and oxygen atoms in total. The Bertz CT molecular complexity index is 375. The van der Waals surface area contributed by atoms with E-state index in [1.807, 2.05) is 0 Å². The molecular formula is C16H25NO. The van der Waals surface area contributed by atoms with Crippen molar-refractivity contribution in [3.8, 4) is 5.75 Å². The molecule has 2 rings (SSSR count). The summed E-state index contributed by atoms with van der Waals surface area (Å²) in [7, 11) is 0. The first-order valence-electron chi connectivity index (χ1n) is 7.00. The van der Waals surface area contributed by atoms with Gasteiger partial charge in [-0.1, -0.05) is 32.9 Å². The number of ether oxygens (including phenoxy) is 1. The van der Waals surface area contributed by atoms with Gasteiger partial charge in [0.25, 0.3) is 0 Å². The average Bonchev–Trinajstić information content (AvgIpc) is 2.37. The smallest absolute Gasteiger partial charge is 0.119 e. The number of piperidine rings is 1. The number of nitrogens with one attached hydrogen (secondary N) is 1. The Labute approximate surface area is 111 Å². The summed E-state index contributed by atoms with van der Waals surface area (Å²) in [5, 5.41) is 3.39. The third-order valence-corrected chi connectivity index (χ3v) is 3.64. The zero-order chi connectivity index (χ0) is 13.0. The molecule has 1 aromatic carbocycles. The van der Waals surface area contributed by atoms with Crippen molar-refractivity contribution in [2.75, 3.05) is 19.7 Å². The highest BCUT2D eigenvalue weighted by Crippen LogP contribution is 2.26. The second kappa shape index (κ2) is 5.75. The van der Waals surface area contributed by atoms with E-state index in [1.54, 1.807) is 0 Å². The maximum absolute atomic E-state index is 5.95. The molecule has 18 heavy (non-hydrogen) atoms. The molecule has 0 radical (unpaired) electrons. The van der Waals surface area contributed by atoms with Crippen molar-refractivity contribution in [1.29, 1.82) is 0 Å². The molecule has 0 amide bonds. The topological polar surface area (TPSA) is 21.3 Å². The molecule has 1 aromatic rings. The van der Waals surface area contributed by atoms with E-state index in [2.05, 4.69) is 50.4 Å². The van der Waals surface area contributed by atoms with Gasteiger partial charge >= 0.3 is 0 Å². The number of hydrogen-bond acceptors (Lipinski definition) is 2. The Kier molecular flexibility index (Phi) is 4.28. The van der Waals surface area contributed by atoms with Crippen molar-refractivity contribution in [3.63, 3.8) is 0 Å². The van der Waals surface area contributed by atoms with E-state index in [0.717, 1.165) is 25.4 Å². The van der Waals surface area contributed by atoms with Crippen LogP contribution in [-0.2, 0) is 5.41 Å². The molecule has 1 aliphatic rings. The van der Waals surface area contributed by atoms with E-state index < -0.39 is 0 Å². The van der Waals surface area contributed by atoms with E-state index in [1.165, 1.54) is 18.4 Å². The number of benzene rings is 1. The Hall–Kier alpha value is -1.02. The molecule has 0 aromatic heterocycles. The predicted molar refractivity (Wildman–Crippen MR) is 76.2 cm³/mol. The molecule has 1 fully saturated rings. The van der Waals surface area contributed by atoms with Gasteiger partial charge in [0, 0.05) is 0 Å². The molecule has 0 spiro atoms. The first-order chi connectivity index (χ1) is 8.55. The molecular weight excluding hydrogens is 222 g/mol. The summed E-state index contributed by atoms with van der Waals surface area (Å²) in [5.41, 5.74) is 1.53. The van der Waals surface area contributed by atoms with Crippen LogP contribution in [0.1, 0.15) is 39.2 Å². The van der Waals surface area contributed by atoms with E-state index >= 15 is 0 Å². The van der Waals surface area contributed by atoms with Gasteiger partial charge in [-0.05, 0) is 55.0 Å². The maximum atomic E-state index is 5.95. The van der Waals surface area contributed by atoms with Gasteiger partial charge in [-0.3, -0.25) is 0 Å². The van der Waals surface area contributed by atoms with E-state index in [0.29, 0.717) is 5.92 Å². The first kappa shape index (κ1) is 13.4. The summed E-state index contributed by atoms with van der Waals surface area (Å²) >= 11 is 0. The molecule has 100 valence electrons. The Morgan fingerprint density at radius 1 is 1.22 bits per heavy atom. The SMILES string of the molecule is CC(C)(C)c1cccc(OCC2CCNCC2)c1. The van der Waals surface area contributed by atoms with E-state index in [-0.39, 0.29) is 5.41 Å². The Morgan fingerprint density at radius 3 is 2.61 bits per heavy atom. The molecule has 0 aliphatic carbocycles. The van der Waals surface area contributed by atoms with E-state index in [9.17, 15) is 0 Å². The summed E-state index contributed by atoms with van der Waals surface area (Å²) in [6, 6.07) is 8.52. The molecule has 1 heterocycles. The van der Waals surface area contributed by atoms with Crippen LogP contribution in [0.3, 0.4) is 0 Å². The Balaban J connectivity index is 1.92. The van der Waals surface area contributed by atoms with Gasteiger partial charge in [0.2, 0.25) is 0 Å². The van der Waals surface area contributed by atoms with Crippen LogP contribution in [0.15, 0.2) is 24.3 Å². The number of hydrogen-bond donors (Lipinski definition) is 1. The van der Waals surface area contributed by atoms with Crippen molar-refractivity contribution in [2.45, 2.75) is 39.0 Å².